The predicted octanol–water partition coefficient (Wildman–Crippen LogP) is 2.44. The molecule has 4 aromatic rings. The van der Waals surface area contributed by atoms with Gasteiger partial charge in [0.15, 0.2) is 0 Å². The molecule has 27 heavy (non-hydrogen) atoms. The summed E-state index contributed by atoms with van der Waals surface area (Å²) in [6, 6.07) is 18.5. The van der Waals surface area contributed by atoms with Gasteiger partial charge in [-0.3, -0.25) is 9.89 Å². The van der Waals surface area contributed by atoms with Gasteiger partial charge < -0.3 is 4.74 Å². The maximum Gasteiger partial charge on any atom is 0.271 e. The van der Waals surface area contributed by atoms with E-state index in [2.05, 4.69) is 20.6 Å². The van der Waals surface area contributed by atoms with Gasteiger partial charge in [0.1, 0.15) is 5.75 Å². The van der Waals surface area contributed by atoms with Crippen molar-refractivity contribution >= 4 is 11.8 Å². The highest BCUT2D eigenvalue weighted by molar-refractivity contribution is 7.98. The number of rotatable bonds is 6. The van der Waals surface area contributed by atoms with E-state index in [1.165, 1.54) is 16.4 Å². The van der Waals surface area contributed by atoms with Crippen molar-refractivity contribution in [3.8, 4) is 17.1 Å². The lowest BCUT2D eigenvalue weighted by Gasteiger charge is -2.04. The molecule has 0 atom stereocenters. The fourth-order valence-corrected chi connectivity index (χ4v) is 3.38. The van der Waals surface area contributed by atoms with Crippen LogP contribution >= 0.6 is 11.8 Å². The quantitative estimate of drug-likeness (QED) is 0.517. The standard InChI is InChI=1S/C18H16N6O2S/c1-26-16-9-7-15(8-10-16)23-17(25)11-13(20-23)12-27-18-19-21-22-24(18)14-5-3-2-4-6-14/h2-11,20H,12H2,1H3. The third-order valence-corrected chi connectivity index (χ3v) is 4.87. The van der Waals surface area contributed by atoms with E-state index in [0.717, 1.165) is 22.8 Å². The van der Waals surface area contributed by atoms with Crippen molar-refractivity contribution in [3.63, 3.8) is 0 Å². The Balaban J connectivity index is 1.52. The molecule has 0 fully saturated rings. The number of aromatic nitrogens is 6. The smallest absolute Gasteiger partial charge is 0.271 e. The molecule has 0 spiro atoms. The summed E-state index contributed by atoms with van der Waals surface area (Å²) in [7, 11) is 1.61. The van der Waals surface area contributed by atoms with Gasteiger partial charge in [0.2, 0.25) is 5.16 Å². The molecule has 136 valence electrons. The summed E-state index contributed by atoms with van der Waals surface area (Å²) >= 11 is 1.45. The van der Waals surface area contributed by atoms with Crippen LogP contribution in [0.25, 0.3) is 11.4 Å². The average molecular weight is 380 g/mol. The molecule has 0 aliphatic heterocycles. The molecule has 2 heterocycles. The molecule has 1 N–H and O–H groups in total. The zero-order chi connectivity index (χ0) is 18.6. The maximum absolute atomic E-state index is 12.3. The molecule has 0 unspecified atom stereocenters. The van der Waals surface area contributed by atoms with Crippen molar-refractivity contribution in [3.05, 3.63) is 76.7 Å². The van der Waals surface area contributed by atoms with E-state index in [0.29, 0.717) is 10.9 Å². The molecular weight excluding hydrogens is 364 g/mol. The lowest BCUT2D eigenvalue weighted by atomic mass is 10.3. The summed E-state index contributed by atoms with van der Waals surface area (Å²) in [6.45, 7) is 0. The summed E-state index contributed by atoms with van der Waals surface area (Å²) in [5.74, 6) is 1.27. The lowest BCUT2D eigenvalue weighted by Crippen LogP contribution is -2.13. The number of H-pyrrole nitrogens is 1. The van der Waals surface area contributed by atoms with Crippen LogP contribution in [0.15, 0.2) is 70.6 Å². The Hall–Kier alpha value is -3.33. The minimum Gasteiger partial charge on any atom is -0.497 e. The monoisotopic (exact) mass is 380 g/mol. The highest BCUT2D eigenvalue weighted by atomic mass is 32.2. The van der Waals surface area contributed by atoms with E-state index in [9.17, 15) is 4.79 Å². The van der Waals surface area contributed by atoms with Crippen molar-refractivity contribution in [1.82, 2.24) is 30.0 Å². The molecule has 0 aliphatic carbocycles. The Morgan fingerprint density at radius 2 is 1.85 bits per heavy atom. The SMILES string of the molecule is COc1ccc(-n2[nH]c(CSc3nnnn3-c3ccccc3)cc2=O)cc1. The van der Waals surface area contributed by atoms with Gasteiger partial charge in [-0.15, -0.1) is 5.10 Å². The van der Waals surface area contributed by atoms with E-state index in [1.807, 2.05) is 54.6 Å². The Morgan fingerprint density at radius 3 is 2.59 bits per heavy atom. The second-order valence-corrected chi connectivity index (χ2v) is 6.59. The number of nitrogens with one attached hydrogen (secondary N) is 1. The van der Waals surface area contributed by atoms with E-state index in [-0.39, 0.29) is 5.56 Å². The van der Waals surface area contributed by atoms with Gasteiger partial charge in [0.05, 0.1) is 18.5 Å². The Kier molecular flexibility index (Phi) is 4.75. The van der Waals surface area contributed by atoms with Crippen LogP contribution in [0, 0.1) is 0 Å². The van der Waals surface area contributed by atoms with Crippen molar-refractivity contribution < 1.29 is 4.74 Å². The minimum atomic E-state index is -0.126. The van der Waals surface area contributed by atoms with Gasteiger partial charge in [-0.1, -0.05) is 30.0 Å². The summed E-state index contributed by atoms with van der Waals surface area (Å²) in [5, 5.41) is 15.6. The summed E-state index contributed by atoms with van der Waals surface area (Å²) in [6.07, 6.45) is 0. The summed E-state index contributed by atoms with van der Waals surface area (Å²) in [4.78, 5) is 12.3. The molecule has 4 rings (SSSR count). The zero-order valence-electron chi connectivity index (χ0n) is 14.4. The number of para-hydroxylation sites is 1. The number of methoxy groups -OCH3 is 1. The molecule has 8 nitrogen and oxygen atoms in total. The first kappa shape index (κ1) is 17.1. The number of benzene rings is 2. The molecule has 0 amide bonds. The van der Waals surface area contributed by atoms with Crippen LogP contribution in [0.4, 0.5) is 0 Å². The van der Waals surface area contributed by atoms with Crippen molar-refractivity contribution in [2.24, 2.45) is 0 Å². The first-order valence-electron chi connectivity index (χ1n) is 8.16. The molecule has 0 bridgehead atoms. The van der Waals surface area contributed by atoms with Crippen molar-refractivity contribution in [2.45, 2.75) is 10.9 Å². The average Bonchev–Trinajstić information content (AvgIpc) is 3.33. The molecule has 0 saturated carbocycles. The predicted molar refractivity (Wildman–Crippen MR) is 102 cm³/mol. The molecule has 0 aliphatic rings. The van der Waals surface area contributed by atoms with E-state index < -0.39 is 0 Å². The molecule has 0 saturated heterocycles. The van der Waals surface area contributed by atoms with Gasteiger partial charge in [-0.2, -0.15) is 4.68 Å². The second-order valence-electron chi connectivity index (χ2n) is 5.65. The van der Waals surface area contributed by atoms with Crippen LogP contribution in [0.3, 0.4) is 0 Å². The Labute approximate surface area is 158 Å². The highest BCUT2D eigenvalue weighted by Gasteiger charge is 2.11. The molecule has 2 aromatic carbocycles. The van der Waals surface area contributed by atoms with Gasteiger partial charge in [-0.25, -0.2) is 4.68 Å². The number of nitrogens with zero attached hydrogens (tertiary/aromatic N) is 5. The number of tetrazole rings is 1. The fourth-order valence-electron chi connectivity index (χ4n) is 2.58. The number of ether oxygens (including phenoxy) is 1. The van der Waals surface area contributed by atoms with Crippen LogP contribution in [-0.4, -0.2) is 37.1 Å². The molecule has 9 heteroatoms. The van der Waals surface area contributed by atoms with Gasteiger partial charge in [0, 0.05) is 17.5 Å². The van der Waals surface area contributed by atoms with Crippen LogP contribution in [0.2, 0.25) is 0 Å². The third-order valence-electron chi connectivity index (χ3n) is 3.90. The fraction of sp³-hybridized carbons (Fsp3) is 0.111. The third kappa shape index (κ3) is 3.63. The molecule has 0 radical (unpaired) electrons. The van der Waals surface area contributed by atoms with E-state index in [1.54, 1.807) is 17.9 Å². The number of aromatic amines is 1. The first-order chi connectivity index (χ1) is 13.2. The van der Waals surface area contributed by atoms with Crippen LogP contribution in [0.1, 0.15) is 5.69 Å². The highest BCUT2D eigenvalue weighted by Crippen LogP contribution is 2.21. The summed E-state index contributed by atoms with van der Waals surface area (Å²) < 4.78 is 8.31. The zero-order valence-corrected chi connectivity index (χ0v) is 15.3. The summed E-state index contributed by atoms with van der Waals surface area (Å²) in [5.41, 5.74) is 2.28. The Morgan fingerprint density at radius 1 is 1.07 bits per heavy atom. The maximum atomic E-state index is 12.3. The van der Waals surface area contributed by atoms with Gasteiger partial charge in [0.25, 0.3) is 5.56 Å². The second kappa shape index (κ2) is 7.50. The Bertz CT molecular complexity index is 1090. The normalized spacial score (nSPS) is 10.9. The number of hydrogen-bond acceptors (Lipinski definition) is 6. The van der Waals surface area contributed by atoms with Crippen molar-refractivity contribution in [2.75, 3.05) is 7.11 Å². The minimum absolute atomic E-state index is 0.126. The van der Waals surface area contributed by atoms with Crippen LogP contribution < -0.4 is 10.3 Å². The van der Waals surface area contributed by atoms with Crippen LogP contribution in [-0.2, 0) is 5.75 Å². The van der Waals surface area contributed by atoms with Crippen molar-refractivity contribution in [1.29, 1.82) is 0 Å². The topological polar surface area (TPSA) is 90.6 Å². The van der Waals surface area contributed by atoms with E-state index >= 15 is 0 Å². The molecular formula is C18H16N6O2S. The first-order valence-corrected chi connectivity index (χ1v) is 9.15. The van der Waals surface area contributed by atoms with Gasteiger partial charge in [-0.05, 0) is 46.8 Å². The van der Waals surface area contributed by atoms with Crippen LogP contribution in [0.5, 0.6) is 5.75 Å². The lowest BCUT2D eigenvalue weighted by molar-refractivity contribution is 0.414. The van der Waals surface area contributed by atoms with E-state index in [4.69, 9.17) is 4.74 Å². The largest absolute Gasteiger partial charge is 0.497 e. The number of thioether (sulfide) groups is 1. The number of hydrogen-bond donors (Lipinski definition) is 1. The van der Waals surface area contributed by atoms with Gasteiger partial charge >= 0.3 is 0 Å². The molecule has 2 aromatic heterocycles.